The van der Waals surface area contributed by atoms with Crippen LogP contribution in [0.3, 0.4) is 0 Å². The van der Waals surface area contributed by atoms with Crippen LogP contribution in [0.15, 0.2) is 0 Å². The SMILES string of the molecule is CCC(C)CCCCCCCCC(=O)O[C@H](COC(=O)CCCCCCCCCCCCCCCCCCC(C)C)COP(=O)(O)OCC(O)COP(=O)(O)OC[C@@H](COC(=O)CCCCCCCCCCC(C)C)OC(=O)CCCCCCCCC(C)CC. The van der Waals surface area contributed by atoms with Crippen molar-refractivity contribution in [2.45, 2.75) is 369 Å². The van der Waals surface area contributed by atoms with E-state index in [0.717, 1.165) is 114 Å². The van der Waals surface area contributed by atoms with E-state index in [0.29, 0.717) is 25.7 Å². The van der Waals surface area contributed by atoms with E-state index in [4.69, 9.17) is 37.0 Å². The second-order valence-corrected chi connectivity index (χ2v) is 30.0. The Hall–Kier alpha value is -1.94. The normalized spacial score (nSPS) is 14.9. The summed E-state index contributed by atoms with van der Waals surface area (Å²) in [6, 6.07) is 0. The van der Waals surface area contributed by atoms with Crippen LogP contribution in [-0.2, 0) is 65.4 Å². The maximum absolute atomic E-state index is 13.0. The molecule has 534 valence electrons. The summed E-state index contributed by atoms with van der Waals surface area (Å²) < 4.78 is 68.2. The third kappa shape index (κ3) is 62.2. The number of carbonyl (C=O) groups excluding carboxylic acids is 4. The Morgan fingerprint density at radius 1 is 0.311 bits per heavy atom. The molecule has 0 bridgehead atoms. The van der Waals surface area contributed by atoms with E-state index >= 15 is 0 Å². The third-order valence-electron chi connectivity index (χ3n) is 17.0. The summed E-state index contributed by atoms with van der Waals surface area (Å²) in [6.45, 7) is 14.1. The molecule has 0 heterocycles. The molecule has 0 fully saturated rings. The number of phosphoric acid groups is 2. The fourth-order valence-electron chi connectivity index (χ4n) is 10.6. The molecule has 0 saturated heterocycles. The van der Waals surface area contributed by atoms with Crippen molar-refractivity contribution >= 4 is 39.5 Å². The topological polar surface area (TPSA) is 237 Å². The molecule has 0 spiro atoms. The zero-order chi connectivity index (χ0) is 66.8. The monoisotopic (exact) mass is 1320 g/mol. The van der Waals surface area contributed by atoms with Gasteiger partial charge in [0.1, 0.15) is 19.3 Å². The van der Waals surface area contributed by atoms with E-state index in [9.17, 15) is 43.2 Å². The van der Waals surface area contributed by atoms with Gasteiger partial charge >= 0.3 is 39.5 Å². The molecule has 19 heteroatoms. The maximum atomic E-state index is 13.0. The van der Waals surface area contributed by atoms with Crippen LogP contribution in [0.5, 0.6) is 0 Å². The average Bonchev–Trinajstić information content (AvgIpc) is 2.35. The van der Waals surface area contributed by atoms with Crippen molar-refractivity contribution in [3.05, 3.63) is 0 Å². The number of rotatable bonds is 68. The van der Waals surface area contributed by atoms with Gasteiger partial charge in [-0.2, -0.15) is 0 Å². The van der Waals surface area contributed by atoms with Gasteiger partial charge in [-0.05, 0) is 49.4 Å². The lowest BCUT2D eigenvalue weighted by atomic mass is 10.00. The highest BCUT2D eigenvalue weighted by molar-refractivity contribution is 7.47. The van der Waals surface area contributed by atoms with Gasteiger partial charge in [-0.15, -0.1) is 0 Å². The van der Waals surface area contributed by atoms with Gasteiger partial charge in [-0.25, -0.2) is 9.13 Å². The van der Waals surface area contributed by atoms with Crippen molar-refractivity contribution in [2.24, 2.45) is 23.7 Å². The van der Waals surface area contributed by atoms with Crippen LogP contribution in [0.4, 0.5) is 0 Å². The molecular weight excluding hydrogens is 1190 g/mol. The first-order chi connectivity index (χ1) is 43.2. The summed E-state index contributed by atoms with van der Waals surface area (Å²) in [5, 5.41) is 10.6. The van der Waals surface area contributed by atoms with E-state index in [1.54, 1.807) is 0 Å². The van der Waals surface area contributed by atoms with Crippen LogP contribution < -0.4 is 0 Å². The van der Waals surface area contributed by atoms with Crippen molar-refractivity contribution in [1.29, 1.82) is 0 Å². The minimum Gasteiger partial charge on any atom is -0.462 e. The van der Waals surface area contributed by atoms with Crippen LogP contribution >= 0.6 is 15.6 Å². The van der Waals surface area contributed by atoms with Gasteiger partial charge in [0.05, 0.1) is 26.4 Å². The molecule has 17 nitrogen and oxygen atoms in total. The van der Waals surface area contributed by atoms with Gasteiger partial charge in [0, 0.05) is 25.7 Å². The summed E-state index contributed by atoms with van der Waals surface area (Å²) in [4.78, 5) is 72.5. The molecule has 3 N–H and O–H groups in total. The molecule has 0 rings (SSSR count). The number of hydrogen-bond donors (Lipinski definition) is 3. The Bertz CT molecular complexity index is 1790. The highest BCUT2D eigenvalue weighted by atomic mass is 31.2. The highest BCUT2D eigenvalue weighted by Crippen LogP contribution is 2.45. The van der Waals surface area contributed by atoms with Crippen LogP contribution in [-0.4, -0.2) is 96.7 Å². The van der Waals surface area contributed by atoms with E-state index in [1.807, 2.05) is 0 Å². The second kappa shape index (κ2) is 60.7. The first-order valence-electron chi connectivity index (χ1n) is 36.8. The lowest BCUT2D eigenvalue weighted by molar-refractivity contribution is -0.161. The molecule has 0 aliphatic carbocycles. The van der Waals surface area contributed by atoms with Gasteiger partial charge in [-0.3, -0.25) is 37.3 Å². The van der Waals surface area contributed by atoms with Crippen LogP contribution in [0.1, 0.15) is 351 Å². The largest absolute Gasteiger partial charge is 0.472 e. The van der Waals surface area contributed by atoms with E-state index in [2.05, 4.69) is 55.4 Å². The number of esters is 4. The first kappa shape index (κ1) is 88.1. The number of aliphatic hydroxyl groups is 1. The summed E-state index contributed by atoms with van der Waals surface area (Å²) >= 11 is 0. The molecule has 0 radical (unpaired) electrons. The van der Waals surface area contributed by atoms with Crippen molar-refractivity contribution < 1.29 is 80.2 Å². The Kier molecular flexibility index (Phi) is 59.4. The molecule has 5 unspecified atom stereocenters. The van der Waals surface area contributed by atoms with Gasteiger partial charge in [0.25, 0.3) is 0 Å². The smallest absolute Gasteiger partial charge is 0.462 e. The summed E-state index contributed by atoms with van der Waals surface area (Å²) in [6.07, 6.45) is 43.3. The van der Waals surface area contributed by atoms with Crippen molar-refractivity contribution in [3.8, 4) is 0 Å². The van der Waals surface area contributed by atoms with Gasteiger partial charge in [-0.1, -0.05) is 299 Å². The van der Waals surface area contributed by atoms with Gasteiger partial charge in [0.2, 0.25) is 0 Å². The molecule has 0 aliphatic heterocycles. The predicted octanol–water partition coefficient (Wildman–Crippen LogP) is 20.1. The van der Waals surface area contributed by atoms with Gasteiger partial charge < -0.3 is 33.8 Å². The van der Waals surface area contributed by atoms with Crippen molar-refractivity contribution in [1.82, 2.24) is 0 Å². The van der Waals surface area contributed by atoms with E-state index < -0.39 is 97.5 Å². The fraction of sp³-hybridized carbons (Fsp3) is 0.944. The number of phosphoric ester groups is 2. The summed E-state index contributed by atoms with van der Waals surface area (Å²) in [5.41, 5.74) is 0. The fourth-order valence-corrected chi connectivity index (χ4v) is 12.2. The Morgan fingerprint density at radius 3 is 0.789 bits per heavy atom. The second-order valence-electron chi connectivity index (χ2n) is 27.1. The highest BCUT2D eigenvalue weighted by Gasteiger charge is 2.30. The first-order valence-corrected chi connectivity index (χ1v) is 39.8. The number of carbonyl (C=O) groups is 4. The maximum Gasteiger partial charge on any atom is 0.472 e. The molecule has 0 aromatic carbocycles. The van der Waals surface area contributed by atoms with Crippen molar-refractivity contribution in [3.63, 3.8) is 0 Å². The third-order valence-corrected chi connectivity index (χ3v) is 18.9. The van der Waals surface area contributed by atoms with Crippen molar-refractivity contribution in [2.75, 3.05) is 39.6 Å². The molecule has 0 aromatic rings. The minimum absolute atomic E-state index is 0.102. The van der Waals surface area contributed by atoms with Crippen LogP contribution in [0.25, 0.3) is 0 Å². The van der Waals surface area contributed by atoms with Gasteiger partial charge in [0.15, 0.2) is 12.2 Å². The lowest BCUT2D eigenvalue weighted by Crippen LogP contribution is -2.30. The Labute approximate surface area is 549 Å². The number of hydrogen-bond acceptors (Lipinski definition) is 15. The lowest BCUT2D eigenvalue weighted by Gasteiger charge is -2.21. The summed E-state index contributed by atoms with van der Waals surface area (Å²) in [5.74, 6) is 0.845. The Morgan fingerprint density at radius 2 is 0.533 bits per heavy atom. The van der Waals surface area contributed by atoms with E-state index in [-0.39, 0.29) is 25.7 Å². The zero-order valence-electron chi connectivity index (χ0n) is 58.8. The zero-order valence-corrected chi connectivity index (χ0v) is 60.6. The van der Waals surface area contributed by atoms with E-state index in [1.165, 1.54) is 154 Å². The average molecular weight is 1330 g/mol. The van der Waals surface area contributed by atoms with Crippen LogP contribution in [0.2, 0.25) is 0 Å². The van der Waals surface area contributed by atoms with Crippen LogP contribution in [0, 0.1) is 23.7 Å². The molecular formula is C71H138O17P2. The minimum atomic E-state index is -4.95. The Balaban J connectivity index is 5.17. The number of unbranched alkanes of at least 4 members (excludes halogenated alkanes) is 32. The molecule has 7 atom stereocenters. The number of ether oxygens (including phenoxy) is 4. The molecule has 0 amide bonds. The summed E-state index contributed by atoms with van der Waals surface area (Å²) in [7, 11) is -9.90. The quantitative estimate of drug-likeness (QED) is 0.0222. The molecule has 90 heavy (non-hydrogen) atoms. The number of aliphatic hydroxyl groups excluding tert-OH is 1. The standard InChI is InChI=1S/C71H138O17P2/c1-9-63(7)49-41-33-27-29-37-45-53-70(75)87-66(57-81-68(73)51-43-35-25-20-18-16-14-12-11-13-15-17-19-23-31-39-47-61(3)4)59-85-89(77,78)83-55-65(72)56-84-90(79,80)86-60-67(88-71(76)54-46-38-30-28-34-42-50-64(8)10-2)58-82-69(74)52-44-36-26-22-21-24-32-40-48-62(5)6/h61-67,72H,9-60H2,1-8H3,(H,77,78)(H,79,80)/t63?,64?,65?,66-,67-/m1/s1. The predicted molar refractivity (Wildman–Crippen MR) is 363 cm³/mol. The molecule has 0 aliphatic rings. The molecule has 0 aromatic heterocycles. The molecule has 0 saturated carbocycles.